The number of hydrogen-bond donors (Lipinski definition) is 0. The molecule has 0 radical (unpaired) electrons. The Morgan fingerprint density at radius 3 is 2.67 bits per heavy atom. The highest BCUT2D eigenvalue weighted by atomic mass is 14.4. The maximum Gasteiger partial charge on any atom is -0.00348 e. The van der Waals surface area contributed by atoms with E-state index >= 15 is 0 Å². The van der Waals surface area contributed by atoms with Gasteiger partial charge in [0.25, 0.3) is 0 Å². The third-order valence-corrected chi connectivity index (χ3v) is 3.69. The van der Waals surface area contributed by atoms with Crippen LogP contribution in [-0.4, -0.2) is 0 Å². The van der Waals surface area contributed by atoms with Crippen LogP contribution in [0.2, 0.25) is 0 Å². The first kappa shape index (κ1) is 10.5. The van der Waals surface area contributed by atoms with E-state index in [2.05, 4.69) is 57.2 Å². The molecule has 2 rings (SSSR count). The lowest BCUT2D eigenvalue weighted by molar-refractivity contribution is 0.354. The Kier molecular flexibility index (Phi) is 2.68. The van der Waals surface area contributed by atoms with E-state index in [1.807, 2.05) is 0 Å². The molecule has 0 heterocycles. The number of rotatable bonds is 2. The SMILES string of the molecule is CCCC1C=Cc2ccccc2C1(C)C. The van der Waals surface area contributed by atoms with Crippen molar-refractivity contribution in [2.75, 3.05) is 0 Å². The Hall–Kier alpha value is -1.04. The summed E-state index contributed by atoms with van der Waals surface area (Å²) in [7, 11) is 0. The average Bonchev–Trinajstić information content (AvgIpc) is 2.23. The smallest absolute Gasteiger partial charge is 0.00348 e. The molecule has 0 aromatic heterocycles. The van der Waals surface area contributed by atoms with Crippen LogP contribution in [0.5, 0.6) is 0 Å². The van der Waals surface area contributed by atoms with Gasteiger partial charge in [-0.05, 0) is 28.9 Å². The van der Waals surface area contributed by atoms with E-state index in [1.165, 1.54) is 24.0 Å². The van der Waals surface area contributed by atoms with Gasteiger partial charge in [-0.15, -0.1) is 0 Å². The topological polar surface area (TPSA) is 0 Å². The van der Waals surface area contributed by atoms with Crippen molar-refractivity contribution in [2.45, 2.75) is 39.0 Å². The highest BCUT2D eigenvalue weighted by Crippen LogP contribution is 2.41. The van der Waals surface area contributed by atoms with Gasteiger partial charge in [0.15, 0.2) is 0 Å². The van der Waals surface area contributed by atoms with Crippen LogP contribution in [0.25, 0.3) is 6.08 Å². The van der Waals surface area contributed by atoms with Gasteiger partial charge in [0, 0.05) is 0 Å². The molecule has 1 aromatic rings. The van der Waals surface area contributed by atoms with Crippen molar-refractivity contribution >= 4 is 6.08 Å². The maximum absolute atomic E-state index is 2.39. The molecule has 1 aliphatic carbocycles. The summed E-state index contributed by atoms with van der Waals surface area (Å²) in [5, 5.41) is 0. The van der Waals surface area contributed by atoms with Crippen molar-refractivity contribution in [1.82, 2.24) is 0 Å². The van der Waals surface area contributed by atoms with Gasteiger partial charge in [-0.3, -0.25) is 0 Å². The predicted molar refractivity (Wildman–Crippen MR) is 66.9 cm³/mol. The number of fused-ring (bicyclic) bond motifs is 1. The van der Waals surface area contributed by atoms with Gasteiger partial charge in [0.2, 0.25) is 0 Å². The summed E-state index contributed by atoms with van der Waals surface area (Å²) < 4.78 is 0. The van der Waals surface area contributed by atoms with Crippen molar-refractivity contribution in [3.63, 3.8) is 0 Å². The molecular formula is C15H20. The Balaban J connectivity index is 2.43. The van der Waals surface area contributed by atoms with Gasteiger partial charge in [0.05, 0.1) is 0 Å². The van der Waals surface area contributed by atoms with Gasteiger partial charge >= 0.3 is 0 Å². The van der Waals surface area contributed by atoms with Crippen LogP contribution < -0.4 is 0 Å². The van der Waals surface area contributed by atoms with Crippen molar-refractivity contribution in [2.24, 2.45) is 5.92 Å². The van der Waals surface area contributed by atoms with Gasteiger partial charge in [-0.25, -0.2) is 0 Å². The van der Waals surface area contributed by atoms with Gasteiger partial charge in [0.1, 0.15) is 0 Å². The predicted octanol–water partition coefficient (Wildman–Crippen LogP) is 4.41. The second-order valence-corrected chi connectivity index (χ2v) is 5.06. The van der Waals surface area contributed by atoms with E-state index in [0.717, 1.165) is 0 Å². The van der Waals surface area contributed by atoms with E-state index in [1.54, 1.807) is 0 Å². The molecule has 0 aliphatic heterocycles. The molecule has 0 N–H and O–H groups in total. The quantitative estimate of drug-likeness (QED) is 0.663. The van der Waals surface area contributed by atoms with Crippen molar-refractivity contribution in [3.8, 4) is 0 Å². The average molecular weight is 200 g/mol. The summed E-state index contributed by atoms with van der Waals surface area (Å²) in [6.45, 7) is 7.01. The number of hydrogen-bond acceptors (Lipinski definition) is 0. The minimum atomic E-state index is 0.293. The maximum atomic E-state index is 2.39. The largest absolute Gasteiger partial charge is 0.0799 e. The highest BCUT2D eigenvalue weighted by Gasteiger charge is 2.32. The van der Waals surface area contributed by atoms with Gasteiger partial charge in [-0.2, -0.15) is 0 Å². The summed E-state index contributed by atoms with van der Waals surface area (Å²) >= 11 is 0. The molecule has 0 spiro atoms. The van der Waals surface area contributed by atoms with Gasteiger partial charge in [-0.1, -0.05) is 63.6 Å². The first-order chi connectivity index (χ1) is 7.16. The summed E-state index contributed by atoms with van der Waals surface area (Å²) in [5.41, 5.74) is 3.20. The molecule has 0 bridgehead atoms. The van der Waals surface area contributed by atoms with E-state index in [-0.39, 0.29) is 0 Å². The third-order valence-electron chi connectivity index (χ3n) is 3.69. The van der Waals surface area contributed by atoms with Crippen LogP contribution in [0.15, 0.2) is 30.3 Å². The van der Waals surface area contributed by atoms with E-state index in [4.69, 9.17) is 0 Å². The van der Waals surface area contributed by atoms with Crippen LogP contribution in [0, 0.1) is 5.92 Å². The Bertz CT molecular complexity index is 371. The second kappa shape index (κ2) is 3.84. The molecule has 0 amide bonds. The van der Waals surface area contributed by atoms with E-state index in [9.17, 15) is 0 Å². The normalized spacial score (nSPS) is 22.5. The van der Waals surface area contributed by atoms with E-state index < -0.39 is 0 Å². The van der Waals surface area contributed by atoms with Crippen molar-refractivity contribution in [3.05, 3.63) is 41.5 Å². The van der Waals surface area contributed by atoms with Crippen LogP contribution in [0.4, 0.5) is 0 Å². The summed E-state index contributed by atoms with van der Waals surface area (Å²) in [6, 6.07) is 8.78. The zero-order valence-electron chi connectivity index (χ0n) is 9.96. The Labute approximate surface area is 93.0 Å². The minimum Gasteiger partial charge on any atom is -0.0799 e. The van der Waals surface area contributed by atoms with Crippen LogP contribution >= 0.6 is 0 Å². The molecule has 1 unspecified atom stereocenters. The van der Waals surface area contributed by atoms with Crippen LogP contribution in [-0.2, 0) is 5.41 Å². The molecule has 80 valence electrons. The minimum absolute atomic E-state index is 0.293. The molecule has 0 heteroatoms. The summed E-state index contributed by atoms with van der Waals surface area (Å²) in [6.07, 6.45) is 7.24. The third kappa shape index (κ3) is 1.73. The molecule has 1 atom stereocenters. The highest BCUT2D eigenvalue weighted by molar-refractivity contribution is 5.59. The summed E-state index contributed by atoms with van der Waals surface area (Å²) in [4.78, 5) is 0. The fourth-order valence-corrected chi connectivity index (χ4v) is 2.66. The van der Waals surface area contributed by atoms with Gasteiger partial charge < -0.3 is 0 Å². The molecule has 0 nitrogen and oxygen atoms in total. The molecular weight excluding hydrogens is 180 g/mol. The lowest BCUT2D eigenvalue weighted by atomic mass is 9.67. The summed E-state index contributed by atoms with van der Waals surface area (Å²) in [5.74, 6) is 0.692. The zero-order valence-corrected chi connectivity index (χ0v) is 9.96. The Morgan fingerprint density at radius 1 is 1.20 bits per heavy atom. The molecule has 0 saturated carbocycles. The molecule has 1 aromatic carbocycles. The second-order valence-electron chi connectivity index (χ2n) is 5.06. The fraction of sp³-hybridized carbons (Fsp3) is 0.467. The standard InChI is InChI=1S/C15H20/c1-4-7-13-11-10-12-8-5-6-9-14(12)15(13,2)3/h5-6,8-11,13H,4,7H2,1-3H3. The fourth-order valence-electron chi connectivity index (χ4n) is 2.66. The van der Waals surface area contributed by atoms with Crippen molar-refractivity contribution in [1.29, 1.82) is 0 Å². The zero-order chi connectivity index (χ0) is 10.9. The lowest BCUT2D eigenvalue weighted by Gasteiger charge is -2.37. The molecule has 1 aliphatic rings. The Morgan fingerprint density at radius 2 is 1.93 bits per heavy atom. The number of allylic oxidation sites excluding steroid dienone is 1. The molecule has 15 heavy (non-hydrogen) atoms. The van der Waals surface area contributed by atoms with Crippen LogP contribution in [0.1, 0.15) is 44.7 Å². The van der Waals surface area contributed by atoms with Crippen molar-refractivity contribution < 1.29 is 0 Å². The monoisotopic (exact) mass is 200 g/mol. The molecule has 0 fully saturated rings. The van der Waals surface area contributed by atoms with E-state index in [0.29, 0.717) is 11.3 Å². The first-order valence-electron chi connectivity index (χ1n) is 5.94. The lowest BCUT2D eigenvalue weighted by Crippen LogP contribution is -2.30. The molecule has 0 saturated heterocycles. The first-order valence-corrected chi connectivity index (χ1v) is 5.94. The van der Waals surface area contributed by atoms with Crippen LogP contribution in [0.3, 0.4) is 0 Å². The number of benzene rings is 1.